The minimum Gasteiger partial charge on any atom is -0.497 e. The molecule has 0 radical (unpaired) electrons. The number of benzene rings is 1. The topological polar surface area (TPSA) is 44.9 Å². The zero-order valence-corrected chi connectivity index (χ0v) is 13.5. The van der Waals surface area contributed by atoms with Gasteiger partial charge in [-0.15, -0.1) is 0 Å². The second-order valence-corrected chi connectivity index (χ2v) is 5.53. The smallest absolute Gasteiger partial charge is 0.146 e. The summed E-state index contributed by atoms with van der Waals surface area (Å²) in [5, 5.41) is 4.16. The van der Waals surface area contributed by atoms with Gasteiger partial charge in [-0.05, 0) is 19.4 Å². The van der Waals surface area contributed by atoms with Gasteiger partial charge in [-0.3, -0.25) is 4.68 Å². The van der Waals surface area contributed by atoms with Crippen LogP contribution in [-0.4, -0.2) is 26.4 Å². The highest BCUT2D eigenvalue weighted by Gasteiger charge is 2.20. The van der Waals surface area contributed by atoms with Crippen molar-refractivity contribution in [1.82, 2.24) is 19.3 Å². The van der Waals surface area contributed by atoms with Crippen LogP contribution >= 0.6 is 0 Å². The Morgan fingerprint density at radius 2 is 1.92 bits per heavy atom. The Morgan fingerprint density at radius 3 is 2.54 bits per heavy atom. The summed E-state index contributed by atoms with van der Waals surface area (Å²) in [6.07, 6.45) is 7.62. The van der Waals surface area contributed by atoms with Gasteiger partial charge >= 0.3 is 0 Å². The molecule has 0 saturated heterocycles. The van der Waals surface area contributed by atoms with E-state index in [1.54, 1.807) is 23.2 Å². The van der Waals surface area contributed by atoms with Crippen LogP contribution < -0.4 is 4.74 Å². The summed E-state index contributed by atoms with van der Waals surface area (Å²) in [7, 11) is 1.37. The molecule has 5 nitrogen and oxygen atoms in total. The van der Waals surface area contributed by atoms with Crippen molar-refractivity contribution >= 4 is 0 Å². The highest BCUT2D eigenvalue weighted by molar-refractivity contribution is 5.59. The molecule has 2 aromatic heterocycles. The molecular formula is C17H18F2N4O. The number of nitrogens with zero attached hydrogens (tertiary/aromatic N) is 4. The first-order valence-electron chi connectivity index (χ1n) is 7.64. The molecule has 3 rings (SSSR count). The van der Waals surface area contributed by atoms with Crippen molar-refractivity contribution in [1.29, 1.82) is 0 Å². The molecule has 0 amide bonds. The first kappa shape index (κ1) is 16.2. The van der Waals surface area contributed by atoms with Gasteiger partial charge in [0.25, 0.3) is 0 Å². The molecule has 24 heavy (non-hydrogen) atoms. The van der Waals surface area contributed by atoms with Crippen molar-refractivity contribution in [3.05, 3.63) is 54.6 Å². The molecule has 2 heterocycles. The van der Waals surface area contributed by atoms with Crippen molar-refractivity contribution in [3.8, 4) is 17.1 Å². The SMILES string of the molecule is COc1cc(F)c(-c2nccn2C(C)CCn2cccn2)c(F)c1. The van der Waals surface area contributed by atoms with Crippen LogP contribution in [0.1, 0.15) is 19.4 Å². The normalized spacial score (nSPS) is 12.3. The zero-order chi connectivity index (χ0) is 17.1. The average molecular weight is 332 g/mol. The molecule has 1 atom stereocenters. The van der Waals surface area contributed by atoms with Gasteiger partial charge in [-0.2, -0.15) is 5.10 Å². The second-order valence-electron chi connectivity index (χ2n) is 5.53. The first-order valence-corrected chi connectivity index (χ1v) is 7.64. The Hall–Kier alpha value is -2.70. The Balaban J connectivity index is 1.87. The first-order chi connectivity index (χ1) is 11.6. The van der Waals surface area contributed by atoms with Gasteiger partial charge < -0.3 is 9.30 Å². The summed E-state index contributed by atoms with van der Waals surface area (Å²) >= 11 is 0. The summed E-state index contributed by atoms with van der Waals surface area (Å²) in [5.41, 5.74) is -0.147. The third kappa shape index (κ3) is 3.15. The fourth-order valence-electron chi connectivity index (χ4n) is 2.63. The van der Waals surface area contributed by atoms with Gasteiger partial charge in [0.15, 0.2) is 0 Å². The molecule has 0 aliphatic carbocycles. The van der Waals surface area contributed by atoms with Gasteiger partial charge in [0.05, 0.1) is 12.7 Å². The molecule has 1 unspecified atom stereocenters. The van der Waals surface area contributed by atoms with E-state index >= 15 is 0 Å². The van der Waals surface area contributed by atoms with Crippen LogP contribution in [0, 0.1) is 11.6 Å². The number of hydrogen-bond donors (Lipinski definition) is 0. The van der Waals surface area contributed by atoms with Gasteiger partial charge in [-0.1, -0.05) is 0 Å². The van der Waals surface area contributed by atoms with Gasteiger partial charge in [0.2, 0.25) is 0 Å². The van der Waals surface area contributed by atoms with E-state index in [1.165, 1.54) is 7.11 Å². The van der Waals surface area contributed by atoms with Crippen LogP contribution in [0.4, 0.5) is 8.78 Å². The van der Waals surface area contributed by atoms with E-state index < -0.39 is 11.6 Å². The number of ether oxygens (including phenoxy) is 1. The molecule has 0 fully saturated rings. The summed E-state index contributed by atoms with van der Waals surface area (Å²) in [6.45, 7) is 2.69. The van der Waals surface area contributed by atoms with Crippen molar-refractivity contribution in [2.24, 2.45) is 0 Å². The lowest BCUT2D eigenvalue weighted by Crippen LogP contribution is -2.11. The highest BCUT2D eigenvalue weighted by Crippen LogP contribution is 2.30. The Kier molecular flexibility index (Phi) is 4.59. The van der Waals surface area contributed by atoms with Gasteiger partial charge in [0, 0.05) is 49.5 Å². The lowest BCUT2D eigenvalue weighted by molar-refractivity contribution is 0.406. The van der Waals surface area contributed by atoms with E-state index in [1.807, 2.05) is 23.9 Å². The Labute approximate surface area is 138 Å². The molecular weight excluding hydrogens is 314 g/mol. The van der Waals surface area contributed by atoms with Crippen LogP contribution in [0.5, 0.6) is 5.75 Å². The fourth-order valence-corrected chi connectivity index (χ4v) is 2.63. The minimum absolute atomic E-state index is 0.00704. The van der Waals surface area contributed by atoms with Crippen molar-refractivity contribution in [3.63, 3.8) is 0 Å². The molecule has 7 heteroatoms. The fraction of sp³-hybridized carbons (Fsp3) is 0.294. The van der Waals surface area contributed by atoms with Crippen LogP contribution in [-0.2, 0) is 6.54 Å². The third-order valence-electron chi connectivity index (χ3n) is 3.95. The monoisotopic (exact) mass is 332 g/mol. The van der Waals surface area contributed by atoms with Gasteiger partial charge in [0.1, 0.15) is 23.2 Å². The number of halogens is 2. The lowest BCUT2D eigenvalue weighted by Gasteiger charge is -2.17. The Bertz CT molecular complexity index is 791. The van der Waals surface area contributed by atoms with Crippen LogP contribution in [0.3, 0.4) is 0 Å². The van der Waals surface area contributed by atoms with Crippen LogP contribution in [0.2, 0.25) is 0 Å². The molecule has 3 aromatic rings. The molecule has 0 aliphatic rings. The molecule has 1 aromatic carbocycles. The van der Waals surface area contributed by atoms with Crippen molar-refractivity contribution in [2.45, 2.75) is 25.9 Å². The molecule has 0 bridgehead atoms. The highest BCUT2D eigenvalue weighted by atomic mass is 19.1. The van der Waals surface area contributed by atoms with E-state index in [0.717, 1.165) is 18.6 Å². The van der Waals surface area contributed by atoms with E-state index in [2.05, 4.69) is 10.1 Å². The molecule has 0 saturated carbocycles. The summed E-state index contributed by atoms with van der Waals surface area (Å²) in [4.78, 5) is 4.15. The number of aryl methyl sites for hydroxylation is 1. The van der Waals surface area contributed by atoms with E-state index in [-0.39, 0.29) is 23.2 Å². The number of hydrogen-bond acceptors (Lipinski definition) is 3. The minimum atomic E-state index is -0.696. The maximum atomic E-state index is 14.3. The maximum Gasteiger partial charge on any atom is 0.146 e. The predicted octanol–water partition coefficient (Wildman–Crippen LogP) is 3.68. The zero-order valence-electron chi connectivity index (χ0n) is 13.5. The average Bonchev–Trinajstić information content (AvgIpc) is 3.23. The second kappa shape index (κ2) is 6.82. The number of methoxy groups -OCH3 is 1. The largest absolute Gasteiger partial charge is 0.497 e. The van der Waals surface area contributed by atoms with Crippen LogP contribution in [0.25, 0.3) is 11.4 Å². The number of imidazole rings is 1. The van der Waals surface area contributed by atoms with Gasteiger partial charge in [-0.25, -0.2) is 13.8 Å². The molecule has 0 spiro atoms. The van der Waals surface area contributed by atoms with Crippen LogP contribution in [0.15, 0.2) is 43.0 Å². The number of rotatable bonds is 6. The van der Waals surface area contributed by atoms with E-state index in [4.69, 9.17) is 4.74 Å². The quantitative estimate of drug-likeness (QED) is 0.692. The maximum absolute atomic E-state index is 14.3. The van der Waals surface area contributed by atoms with E-state index in [9.17, 15) is 8.78 Å². The molecule has 0 N–H and O–H groups in total. The number of aromatic nitrogens is 4. The molecule has 126 valence electrons. The Morgan fingerprint density at radius 1 is 1.17 bits per heavy atom. The summed E-state index contributed by atoms with van der Waals surface area (Å²) in [6, 6.07) is 4.18. The lowest BCUT2D eigenvalue weighted by atomic mass is 10.1. The third-order valence-corrected chi connectivity index (χ3v) is 3.95. The summed E-state index contributed by atoms with van der Waals surface area (Å²) < 4.78 is 37.1. The van der Waals surface area contributed by atoms with Crippen molar-refractivity contribution in [2.75, 3.05) is 7.11 Å². The summed E-state index contributed by atoms with van der Waals surface area (Å²) in [5.74, 6) is -0.989. The van der Waals surface area contributed by atoms with E-state index in [0.29, 0.717) is 6.54 Å². The van der Waals surface area contributed by atoms with Crippen molar-refractivity contribution < 1.29 is 13.5 Å². The predicted molar refractivity (Wildman–Crippen MR) is 85.7 cm³/mol. The molecule has 0 aliphatic heterocycles. The standard InChI is InChI=1S/C17H18F2N4O/c1-12(4-8-22-7-3-5-21-22)23-9-6-20-17(23)16-14(18)10-13(24-2)11-15(16)19/h3,5-7,9-12H,4,8H2,1-2H3.